The molecule has 0 saturated heterocycles. The summed E-state index contributed by atoms with van der Waals surface area (Å²) in [5.41, 5.74) is 1.51. The first-order valence-electron chi connectivity index (χ1n) is 8.64. The van der Waals surface area contributed by atoms with Gasteiger partial charge in [0.05, 0.1) is 27.0 Å². The highest BCUT2D eigenvalue weighted by Crippen LogP contribution is 2.48. The molecule has 1 aromatic rings. The Morgan fingerprint density at radius 3 is 2.46 bits per heavy atom. The van der Waals surface area contributed by atoms with Crippen molar-refractivity contribution in [3.63, 3.8) is 0 Å². The lowest BCUT2D eigenvalue weighted by molar-refractivity contribution is -0.273. The van der Waals surface area contributed by atoms with Crippen LogP contribution in [0.15, 0.2) is 6.07 Å². The van der Waals surface area contributed by atoms with E-state index in [4.69, 9.17) is 26.8 Å². The van der Waals surface area contributed by atoms with Crippen molar-refractivity contribution in [2.45, 2.75) is 56.2 Å². The highest BCUT2D eigenvalue weighted by Gasteiger charge is 2.58. The molecular formula is C17H25ClF3N3O3S. The van der Waals surface area contributed by atoms with Gasteiger partial charge in [-0.05, 0) is 33.3 Å². The molecule has 0 spiro atoms. The van der Waals surface area contributed by atoms with Gasteiger partial charge in [-0.25, -0.2) is 13.9 Å². The highest BCUT2D eigenvalue weighted by molar-refractivity contribution is 7.84. The van der Waals surface area contributed by atoms with Crippen LogP contribution in [0.5, 0.6) is 5.75 Å². The lowest BCUT2D eigenvalue weighted by Gasteiger charge is -2.34. The molecule has 11 heteroatoms. The van der Waals surface area contributed by atoms with Gasteiger partial charge in [0, 0.05) is 19.2 Å². The summed E-state index contributed by atoms with van der Waals surface area (Å²) in [6, 6.07) is 1.23. The second-order valence-corrected chi connectivity index (χ2v) is 9.94. The van der Waals surface area contributed by atoms with E-state index in [-0.39, 0.29) is 17.5 Å². The molecule has 1 aromatic heterocycles. The number of alkyl halides is 3. The Morgan fingerprint density at radius 2 is 2.04 bits per heavy atom. The number of methoxy groups -OCH3 is 1. The molecule has 160 valence electrons. The van der Waals surface area contributed by atoms with Gasteiger partial charge in [-0.2, -0.15) is 13.2 Å². The number of nitrogens with zero attached hydrogens (tertiary/aromatic N) is 1. The maximum absolute atomic E-state index is 13.8. The fourth-order valence-electron chi connectivity index (χ4n) is 2.92. The van der Waals surface area contributed by atoms with E-state index in [1.54, 1.807) is 20.8 Å². The molecule has 0 saturated carbocycles. The van der Waals surface area contributed by atoms with Crippen LogP contribution in [0.1, 0.15) is 45.4 Å². The third-order valence-electron chi connectivity index (χ3n) is 4.87. The summed E-state index contributed by atoms with van der Waals surface area (Å²) >= 11 is 6.15. The zero-order valence-corrected chi connectivity index (χ0v) is 17.9. The van der Waals surface area contributed by atoms with Gasteiger partial charge in [0.15, 0.2) is 10.9 Å². The molecule has 0 aliphatic carbocycles. The summed E-state index contributed by atoms with van der Waals surface area (Å²) in [6.45, 7) is 6.35. The van der Waals surface area contributed by atoms with E-state index in [9.17, 15) is 17.4 Å². The van der Waals surface area contributed by atoms with Crippen LogP contribution in [0.25, 0.3) is 0 Å². The van der Waals surface area contributed by atoms with Crippen LogP contribution in [0.4, 0.5) is 13.2 Å². The van der Waals surface area contributed by atoms with Crippen molar-refractivity contribution >= 4 is 22.6 Å². The van der Waals surface area contributed by atoms with E-state index < -0.39 is 45.3 Å². The third kappa shape index (κ3) is 3.77. The molecule has 28 heavy (non-hydrogen) atoms. The molecule has 3 atom stereocenters. The first-order chi connectivity index (χ1) is 12.8. The van der Waals surface area contributed by atoms with Crippen LogP contribution >= 0.6 is 11.6 Å². The summed E-state index contributed by atoms with van der Waals surface area (Å²) in [7, 11) is -0.584. The van der Waals surface area contributed by atoms with Crippen LogP contribution in [0, 0.1) is 0 Å². The second-order valence-electron chi connectivity index (χ2n) is 7.62. The minimum Gasteiger partial charge on any atom is -0.488 e. The predicted octanol–water partition coefficient (Wildman–Crippen LogP) is 3.15. The average molecular weight is 444 g/mol. The van der Waals surface area contributed by atoms with Crippen molar-refractivity contribution in [3.8, 4) is 5.75 Å². The number of aromatic nitrogens is 1. The summed E-state index contributed by atoms with van der Waals surface area (Å²) in [6.07, 6.45) is -4.42. The third-order valence-corrected chi connectivity index (χ3v) is 6.81. The van der Waals surface area contributed by atoms with Gasteiger partial charge in [-0.1, -0.05) is 18.5 Å². The number of rotatable bonds is 6. The number of hydrogen-bond donors (Lipinski definition) is 2. The smallest absolute Gasteiger partial charge is 0.424 e. The number of halogens is 4. The molecule has 0 bridgehead atoms. The molecule has 2 rings (SSSR count). The molecule has 0 fully saturated rings. The van der Waals surface area contributed by atoms with Crippen molar-refractivity contribution in [1.82, 2.24) is 9.71 Å². The van der Waals surface area contributed by atoms with Gasteiger partial charge in [-0.15, -0.1) is 0 Å². The van der Waals surface area contributed by atoms with Crippen LogP contribution in [0.2, 0.25) is 5.15 Å². The lowest BCUT2D eigenvalue weighted by atomic mass is 9.88. The summed E-state index contributed by atoms with van der Waals surface area (Å²) in [4.78, 5) is 3.86. The number of pyridine rings is 1. The van der Waals surface area contributed by atoms with E-state index in [0.717, 1.165) is 7.11 Å². The number of fused-ring (bicyclic) bond motifs is 1. The quantitative estimate of drug-likeness (QED) is 0.659. The number of ether oxygens (including phenoxy) is 2. The molecule has 0 aromatic carbocycles. The normalized spacial score (nSPS) is 23.1. The second kappa shape index (κ2) is 7.71. The molecule has 0 amide bonds. The Morgan fingerprint density at radius 1 is 1.43 bits per heavy atom. The van der Waals surface area contributed by atoms with Gasteiger partial charge in [0.1, 0.15) is 6.61 Å². The molecule has 3 N–H and O–H groups in total. The number of nitrogens with two attached hydrogens (primary N) is 1. The highest BCUT2D eigenvalue weighted by atomic mass is 35.5. The van der Waals surface area contributed by atoms with E-state index in [1.165, 1.54) is 6.07 Å². The van der Waals surface area contributed by atoms with Crippen LogP contribution in [-0.2, 0) is 26.9 Å². The van der Waals surface area contributed by atoms with E-state index >= 15 is 0 Å². The fourth-order valence-corrected chi connectivity index (χ4v) is 4.15. The number of hydrogen-bond acceptors (Lipinski definition) is 5. The minimum absolute atomic E-state index is 0.0557. The zero-order chi connectivity index (χ0) is 21.5. The van der Waals surface area contributed by atoms with Gasteiger partial charge >= 0.3 is 6.18 Å². The van der Waals surface area contributed by atoms with E-state index in [1.807, 2.05) is 6.92 Å². The monoisotopic (exact) mass is 443 g/mol. The molecule has 6 nitrogen and oxygen atoms in total. The van der Waals surface area contributed by atoms with E-state index in [0.29, 0.717) is 12.0 Å². The fraction of sp³-hybridized carbons (Fsp3) is 0.706. The topological polar surface area (TPSA) is 86.5 Å². The van der Waals surface area contributed by atoms with Crippen molar-refractivity contribution in [2.24, 2.45) is 5.73 Å². The Bertz CT molecular complexity index is 766. The van der Waals surface area contributed by atoms with Crippen LogP contribution < -0.4 is 15.2 Å². The lowest BCUT2D eigenvalue weighted by Crippen LogP contribution is -2.51. The molecule has 2 heterocycles. The van der Waals surface area contributed by atoms with Crippen molar-refractivity contribution in [2.75, 3.05) is 20.3 Å². The predicted molar refractivity (Wildman–Crippen MR) is 102 cm³/mol. The van der Waals surface area contributed by atoms with Gasteiger partial charge < -0.3 is 15.2 Å². The first-order valence-corrected chi connectivity index (χ1v) is 10.2. The van der Waals surface area contributed by atoms with Crippen molar-refractivity contribution in [1.29, 1.82) is 0 Å². The zero-order valence-electron chi connectivity index (χ0n) is 16.4. The van der Waals surface area contributed by atoms with Gasteiger partial charge in [0.2, 0.25) is 5.60 Å². The summed E-state index contributed by atoms with van der Waals surface area (Å²) in [5, 5.41) is -0.231. The maximum Gasteiger partial charge on any atom is 0.424 e. The van der Waals surface area contributed by atoms with Crippen LogP contribution in [-0.4, -0.2) is 40.4 Å². The van der Waals surface area contributed by atoms with E-state index in [2.05, 4.69) is 9.71 Å². The SMILES string of the molecule is CCC1(NS(=O)C(C)(C)C)COc2c1cc(C(CN)(OC)C(F)(F)F)nc2Cl. The summed E-state index contributed by atoms with van der Waals surface area (Å²) < 4.78 is 67.0. The van der Waals surface area contributed by atoms with Crippen molar-refractivity contribution in [3.05, 3.63) is 22.5 Å². The standard InChI is InChI=1S/C17H25ClF3N3O3S/c1-6-15(24-28(25)14(2,3)4)9-27-12-10(15)7-11(23-13(12)18)16(8-22,26-5)17(19,20)21/h7,24H,6,8-9,22H2,1-5H3. The Labute approximate surface area is 169 Å². The molecule has 0 radical (unpaired) electrons. The minimum atomic E-state index is -4.82. The molecule has 1 aliphatic rings. The summed E-state index contributed by atoms with van der Waals surface area (Å²) in [5.74, 6) is 0.162. The average Bonchev–Trinajstić information content (AvgIpc) is 2.94. The first kappa shape index (κ1) is 23.3. The largest absolute Gasteiger partial charge is 0.488 e. The van der Waals surface area contributed by atoms with Crippen molar-refractivity contribution < 1.29 is 26.9 Å². The molecule has 3 unspecified atom stereocenters. The van der Waals surface area contributed by atoms with Gasteiger partial charge in [0.25, 0.3) is 0 Å². The Hall–Kier alpha value is -0.940. The maximum atomic E-state index is 13.8. The Kier molecular flexibility index (Phi) is 6.43. The number of nitrogens with one attached hydrogen (secondary N) is 1. The van der Waals surface area contributed by atoms with Gasteiger partial charge in [-0.3, -0.25) is 0 Å². The molecule has 1 aliphatic heterocycles. The molecular weight excluding hydrogens is 419 g/mol. The Balaban J connectivity index is 2.67. The van der Waals surface area contributed by atoms with Crippen LogP contribution in [0.3, 0.4) is 0 Å².